The van der Waals surface area contributed by atoms with E-state index in [0.29, 0.717) is 11.4 Å². The van der Waals surface area contributed by atoms with E-state index >= 15 is 0 Å². The third-order valence-corrected chi connectivity index (χ3v) is 4.00. The molecule has 0 radical (unpaired) electrons. The number of phenols is 1. The zero-order chi connectivity index (χ0) is 14.9. The maximum absolute atomic E-state index is 9.38. The van der Waals surface area contributed by atoms with Gasteiger partial charge in [0.15, 0.2) is 11.5 Å². The molecule has 1 aliphatic heterocycles. The van der Waals surface area contributed by atoms with Crippen molar-refractivity contribution in [3.8, 4) is 5.75 Å². The van der Waals surface area contributed by atoms with Crippen molar-refractivity contribution in [3.05, 3.63) is 36.9 Å². The molecule has 1 fully saturated rings. The van der Waals surface area contributed by atoms with E-state index in [-0.39, 0.29) is 0 Å². The number of nitrogens with one attached hydrogen (secondary N) is 1. The van der Waals surface area contributed by atoms with Crippen LogP contribution in [0.1, 0.15) is 0 Å². The van der Waals surface area contributed by atoms with Gasteiger partial charge in [0.05, 0.1) is 6.33 Å². The lowest BCUT2D eigenvalue weighted by Gasteiger charge is -2.36. The van der Waals surface area contributed by atoms with Crippen LogP contribution in [-0.4, -0.2) is 51.2 Å². The van der Waals surface area contributed by atoms with E-state index in [2.05, 4.69) is 29.7 Å². The van der Waals surface area contributed by atoms with Gasteiger partial charge < -0.3 is 19.9 Å². The van der Waals surface area contributed by atoms with Gasteiger partial charge in [0.1, 0.15) is 17.6 Å². The van der Waals surface area contributed by atoms with Crippen LogP contribution in [0.3, 0.4) is 0 Å². The molecular weight excluding hydrogens is 280 g/mol. The van der Waals surface area contributed by atoms with Crippen molar-refractivity contribution in [2.24, 2.45) is 0 Å². The summed E-state index contributed by atoms with van der Waals surface area (Å²) in [4.78, 5) is 20.4. The van der Waals surface area contributed by atoms with E-state index in [1.165, 1.54) is 0 Å². The molecule has 2 aromatic heterocycles. The van der Waals surface area contributed by atoms with Gasteiger partial charge in [0, 0.05) is 31.9 Å². The maximum atomic E-state index is 9.38. The van der Waals surface area contributed by atoms with Gasteiger partial charge in [-0.3, -0.25) is 0 Å². The van der Waals surface area contributed by atoms with E-state index in [1.54, 1.807) is 24.8 Å². The fraction of sp³-hybridized carbons (Fsp3) is 0.267. The summed E-state index contributed by atoms with van der Waals surface area (Å²) in [5.74, 6) is 1.21. The van der Waals surface area contributed by atoms with Crippen LogP contribution in [0.5, 0.6) is 5.75 Å². The third-order valence-electron chi connectivity index (χ3n) is 4.00. The Morgan fingerprint density at radius 2 is 1.64 bits per heavy atom. The second kappa shape index (κ2) is 5.18. The average Bonchev–Trinajstić information content (AvgIpc) is 3.04. The number of imidazole rings is 1. The standard InChI is InChI=1S/C15H16N6O/c22-12-3-1-11(2-4-12)20-5-7-21(8-6-20)15-13-14(17-9-16-13)18-10-19-15/h1-4,9-10,22H,5-8H2,(H,16,17,18,19). The Bertz CT molecular complexity index is 776. The molecule has 0 amide bonds. The predicted molar refractivity (Wildman–Crippen MR) is 84.2 cm³/mol. The molecule has 7 nitrogen and oxygen atoms in total. The molecular formula is C15H16N6O. The Kier molecular flexibility index (Phi) is 3.03. The lowest BCUT2D eigenvalue weighted by atomic mass is 10.2. The van der Waals surface area contributed by atoms with E-state index in [9.17, 15) is 5.11 Å². The molecule has 1 aromatic carbocycles. The number of H-pyrrole nitrogens is 1. The van der Waals surface area contributed by atoms with Gasteiger partial charge in [0.2, 0.25) is 0 Å². The number of aromatic hydroxyl groups is 1. The van der Waals surface area contributed by atoms with Crippen molar-refractivity contribution in [2.75, 3.05) is 36.0 Å². The molecule has 1 saturated heterocycles. The molecule has 0 bridgehead atoms. The fourth-order valence-electron chi connectivity index (χ4n) is 2.83. The highest BCUT2D eigenvalue weighted by atomic mass is 16.3. The molecule has 0 atom stereocenters. The monoisotopic (exact) mass is 296 g/mol. The van der Waals surface area contributed by atoms with E-state index < -0.39 is 0 Å². The molecule has 22 heavy (non-hydrogen) atoms. The number of phenolic OH excluding ortho intramolecular Hbond substituents is 1. The van der Waals surface area contributed by atoms with Crippen LogP contribution in [0.25, 0.3) is 11.2 Å². The van der Waals surface area contributed by atoms with Crippen LogP contribution in [-0.2, 0) is 0 Å². The van der Waals surface area contributed by atoms with Crippen LogP contribution in [0.2, 0.25) is 0 Å². The molecule has 112 valence electrons. The van der Waals surface area contributed by atoms with Crippen molar-refractivity contribution in [1.29, 1.82) is 0 Å². The van der Waals surface area contributed by atoms with Crippen molar-refractivity contribution < 1.29 is 5.11 Å². The minimum absolute atomic E-state index is 0.296. The number of hydrogen-bond donors (Lipinski definition) is 2. The first-order valence-electron chi connectivity index (χ1n) is 7.24. The first-order valence-corrected chi connectivity index (χ1v) is 7.24. The third kappa shape index (κ3) is 2.20. The van der Waals surface area contributed by atoms with Crippen LogP contribution in [0.15, 0.2) is 36.9 Å². The molecule has 3 heterocycles. The molecule has 3 aromatic rings. The average molecular weight is 296 g/mol. The largest absolute Gasteiger partial charge is 0.508 e. The number of piperazine rings is 1. The normalized spacial score (nSPS) is 15.5. The van der Waals surface area contributed by atoms with E-state index in [1.807, 2.05) is 12.1 Å². The molecule has 2 N–H and O–H groups in total. The van der Waals surface area contributed by atoms with Gasteiger partial charge in [-0.1, -0.05) is 0 Å². The number of aromatic nitrogens is 4. The van der Waals surface area contributed by atoms with Gasteiger partial charge in [0.25, 0.3) is 0 Å². The molecule has 0 unspecified atom stereocenters. The van der Waals surface area contributed by atoms with Gasteiger partial charge in [-0.05, 0) is 24.3 Å². The van der Waals surface area contributed by atoms with Gasteiger partial charge in [-0.2, -0.15) is 0 Å². The molecule has 7 heteroatoms. The summed E-state index contributed by atoms with van der Waals surface area (Å²) < 4.78 is 0. The zero-order valence-electron chi connectivity index (χ0n) is 12.0. The van der Waals surface area contributed by atoms with E-state index in [4.69, 9.17) is 0 Å². The smallest absolute Gasteiger partial charge is 0.182 e. The summed E-state index contributed by atoms with van der Waals surface area (Å²) in [5.41, 5.74) is 2.72. The first kappa shape index (κ1) is 12.9. The number of hydrogen-bond acceptors (Lipinski definition) is 6. The summed E-state index contributed by atoms with van der Waals surface area (Å²) in [6.45, 7) is 3.58. The number of benzene rings is 1. The van der Waals surface area contributed by atoms with E-state index in [0.717, 1.165) is 43.2 Å². The van der Waals surface area contributed by atoms with Gasteiger partial charge in [-0.15, -0.1) is 0 Å². The summed E-state index contributed by atoms with van der Waals surface area (Å²) in [6.07, 6.45) is 3.21. The van der Waals surface area contributed by atoms with Crippen molar-refractivity contribution >= 4 is 22.7 Å². The SMILES string of the molecule is Oc1ccc(N2CCN(c3ncnc4nc[nH]c34)CC2)cc1. The van der Waals surface area contributed by atoms with Crippen LogP contribution < -0.4 is 9.80 Å². The molecule has 0 aliphatic carbocycles. The number of rotatable bonds is 2. The Hall–Kier alpha value is -2.83. The van der Waals surface area contributed by atoms with Gasteiger partial charge in [-0.25, -0.2) is 15.0 Å². The highest BCUT2D eigenvalue weighted by Crippen LogP contribution is 2.24. The summed E-state index contributed by atoms with van der Waals surface area (Å²) >= 11 is 0. The minimum atomic E-state index is 0.296. The molecule has 0 saturated carbocycles. The second-order valence-electron chi connectivity index (χ2n) is 5.29. The number of fused-ring (bicyclic) bond motifs is 1. The predicted octanol–water partition coefficient (Wildman–Crippen LogP) is 1.39. The Balaban J connectivity index is 1.52. The van der Waals surface area contributed by atoms with Crippen LogP contribution >= 0.6 is 0 Å². The molecule has 4 rings (SSSR count). The molecule has 0 spiro atoms. The maximum Gasteiger partial charge on any atom is 0.182 e. The lowest BCUT2D eigenvalue weighted by Crippen LogP contribution is -2.46. The van der Waals surface area contributed by atoms with Crippen molar-refractivity contribution in [2.45, 2.75) is 0 Å². The number of aromatic amines is 1. The minimum Gasteiger partial charge on any atom is -0.508 e. The summed E-state index contributed by atoms with van der Waals surface area (Å²) in [6, 6.07) is 7.34. The highest BCUT2D eigenvalue weighted by molar-refractivity contribution is 5.82. The van der Waals surface area contributed by atoms with Crippen molar-refractivity contribution in [3.63, 3.8) is 0 Å². The number of anilines is 2. The lowest BCUT2D eigenvalue weighted by molar-refractivity contribution is 0.475. The topological polar surface area (TPSA) is 81.2 Å². The highest BCUT2D eigenvalue weighted by Gasteiger charge is 2.20. The second-order valence-corrected chi connectivity index (χ2v) is 5.29. The van der Waals surface area contributed by atoms with Gasteiger partial charge >= 0.3 is 0 Å². The fourth-order valence-corrected chi connectivity index (χ4v) is 2.83. The van der Waals surface area contributed by atoms with Crippen LogP contribution in [0.4, 0.5) is 11.5 Å². The quantitative estimate of drug-likeness (QED) is 0.743. The Morgan fingerprint density at radius 3 is 2.41 bits per heavy atom. The zero-order valence-corrected chi connectivity index (χ0v) is 12.0. The van der Waals surface area contributed by atoms with Crippen LogP contribution in [0, 0.1) is 0 Å². The number of nitrogens with zero attached hydrogens (tertiary/aromatic N) is 5. The summed E-state index contributed by atoms with van der Waals surface area (Å²) in [5, 5.41) is 9.38. The molecule has 1 aliphatic rings. The van der Waals surface area contributed by atoms with Crippen molar-refractivity contribution in [1.82, 2.24) is 19.9 Å². The summed E-state index contributed by atoms with van der Waals surface area (Å²) in [7, 11) is 0. The Morgan fingerprint density at radius 1 is 0.909 bits per heavy atom. The Labute approximate surface area is 127 Å². The first-order chi connectivity index (χ1) is 10.8.